The maximum Gasteiger partial charge on any atom is 0.250 e. The molecule has 0 bridgehead atoms. The zero-order valence-corrected chi connectivity index (χ0v) is 15.6. The highest BCUT2D eigenvalue weighted by Crippen LogP contribution is 2.18. The standard InChI is InChI=1S/C18H21N5OS/c1-11-7-8-25-16(11)5-6-17(24)21-15-9-19-18(20-10-15)23-14(4)12(2)13(3)22-23/h7-10H,5-6H2,1-4H3,(H,21,24). The van der Waals surface area contributed by atoms with Gasteiger partial charge in [-0.1, -0.05) is 0 Å². The van der Waals surface area contributed by atoms with Gasteiger partial charge < -0.3 is 5.32 Å². The molecule has 130 valence electrons. The van der Waals surface area contributed by atoms with Gasteiger partial charge in [0.2, 0.25) is 5.91 Å². The molecular formula is C18H21N5OS. The van der Waals surface area contributed by atoms with E-state index in [-0.39, 0.29) is 5.91 Å². The lowest BCUT2D eigenvalue weighted by Gasteiger charge is -2.06. The van der Waals surface area contributed by atoms with Crippen LogP contribution in [0.15, 0.2) is 23.8 Å². The maximum absolute atomic E-state index is 12.1. The molecule has 0 aliphatic rings. The highest BCUT2D eigenvalue weighted by molar-refractivity contribution is 7.10. The molecule has 1 N–H and O–H groups in total. The van der Waals surface area contributed by atoms with Crippen LogP contribution in [0.1, 0.15) is 33.8 Å². The molecule has 3 aromatic rings. The number of amides is 1. The summed E-state index contributed by atoms with van der Waals surface area (Å²) in [5.74, 6) is 0.465. The third-order valence-corrected chi connectivity index (χ3v) is 5.39. The lowest BCUT2D eigenvalue weighted by molar-refractivity contribution is -0.116. The van der Waals surface area contributed by atoms with Gasteiger partial charge in [-0.15, -0.1) is 11.3 Å². The average Bonchev–Trinajstić information content (AvgIpc) is 3.12. The molecule has 25 heavy (non-hydrogen) atoms. The summed E-state index contributed by atoms with van der Waals surface area (Å²) in [7, 11) is 0. The second-order valence-corrected chi connectivity index (χ2v) is 7.05. The Bertz CT molecular complexity index is 895. The van der Waals surface area contributed by atoms with E-state index in [1.165, 1.54) is 10.4 Å². The molecule has 0 fully saturated rings. The molecule has 0 aliphatic heterocycles. The van der Waals surface area contributed by atoms with Crippen LogP contribution in [0.25, 0.3) is 5.95 Å². The van der Waals surface area contributed by atoms with Crippen LogP contribution in [0, 0.1) is 27.7 Å². The van der Waals surface area contributed by atoms with Gasteiger partial charge in [-0.25, -0.2) is 14.6 Å². The lowest BCUT2D eigenvalue weighted by Crippen LogP contribution is -2.13. The van der Waals surface area contributed by atoms with E-state index in [1.807, 2.05) is 20.8 Å². The lowest BCUT2D eigenvalue weighted by atomic mass is 10.2. The molecule has 7 heteroatoms. The molecule has 0 aliphatic carbocycles. The van der Waals surface area contributed by atoms with E-state index >= 15 is 0 Å². The molecule has 0 atom stereocenters. The van der Waals surface area contributed by atoms with Gasteiger partial charge in [-0.3, -0.25) is 4.79 Å². The summed E-state index contributed by atoms with van der Waals surface area (Å²) < 4.78 is 1.72. The minimum atomic E-state index is -0.0360. The number of hydrogen-bond donors (Lipinski definition) is 1. The molecule has 0 saturated carbocycles. The first-order valence-electron chi connectivity index (χ1n) is 8.13. The van der Waals surface area contributed by atoms with Crippen LogP contribution in [0.2, 0.25) is 0 Å². The van der Waals surface area contributed by atoms with Crippen LogP contribution in [0.3, 0.4) is 0 Å². The number of nitrogens with one attached hydrogen (secondary N) is 1. The molecule has 3 heterocycles. The Kier molecular flexibility index (Phi) is 4.94. The van der Waals surface area contributed by atoms with Crippen molar-refractivity contribution in [2.24, 2.45) is 0 Å². The van der Waals surface area contributed by atoms with Gasteiger partial charge in [-0.05, 0) is 56.7 Å². The molecule has 0 radical (unpaired) electrons. The molecule has 0 unspecified atom stereocenters. The predicted molar refractivity (Wildman–Crippen MR) is 99.4 cm³/mol. The Morgan fingerprint density at radius 2 is 1.92 bits per heavy atom. The minimum Gasteiger partial charge on any atom is -0.323 e. The molecule has 0 spiro atoms. The van der Waals surface area contributed by atoms with E-state index in [4.69, 9.17) is 0 Å². The Morgan fingerprint density at radius 1 is 1.20 bits per heavy atom. The van der Waals surface area contributed by atoms with Gasteiger partial charge >= 0.3 is 0 Å². The first-order chi connectivity index (χ1) is 12.0. The first-order valence-corrected chi connectivity index (χ1v) is 9.01. The van der Waals surface area contributed by atoms with E-state index in [2.05, 4.69) is 38.8 Å². The summed E-state index contributed by atoms with van der Waals surface area (Å²) in [5, 5.41) is 9.34. The fourth-order valence-corrected chi connectivity index (χ4v) is 3.43. The fraction of sp³-hybridized carbons (Fsp3) is 0.333. The van der Waals surface area contributed by atoms with Crippen LogP contribution in [-0.2, 0) is 11.2 Å². The molecule has 3 rings (SSSR count). The zero-order valence-electron chi connectivity index (χ0n) is 14.8. The molecule has 0 aromatic carbocycles. The van der Waals surface area contributed by atoms with E-state index < -0.39 is 0 Å². The van der Waals surface area contributed by atoms with Crippen molar-refractivity contribution in [2.45, 2.75) is 40.5 Å². The third-order valence-electron chi connectivity index (χ3n) is 4.31. The quantitative estimate of drug-likeness (QED) is 0.760. The SMILES string of the molecule is Cc1ccsc1CCC(=O)Nc1cnc(-n2nc(C)c(C)c2C)nc1. The van der Waals surface area contributed by atoms with Crippen LogP contribution in [-0.4, -0.2) is 25.7 Å². The van der Waals surface area contributed by atoms with Gasteiger partial charge in [0.1, 0.15) is 0 Å². The predicted octanol–water partition coefficient (Wildman–Crippen LogP) is 3.53. The molecule has 1 amide bonds. The summed E-state index contributed by atoms with van der Waals surface area (Å²) >= 11 is 1.69. The second kappa shape index (κ2) is 7.14. The zero-order chi connectivity index (χ0) is 18.0. The van der Waals surface area contributed by atoms with Crippen molar-refractivity contribution in [2.75, 3.05) is 5.32 Å². The van der Waals surface area contributed by atoms with Crippen LogP contribution in [0.5, 0.6) is 0 Å². The summed E-state index contributed by atoms with van der Waals surface area (Å²) in [4.78, 5) is 22.0. The number of nitrogens with zero attached hydrogens (tertiary/aromatic N) is 4. The van der Waals surface area contributed by atoms with Crippen molar-refractivity contribution in [3.05, 3.63) is 51.2 Å². The second-order valence-electron chi connectivity index (χ2n) is 6.05. The van der Waals surface area contributed by atoms with Gasteiger partial charge in [0.05, 0.1) is 23.8 Å². The summed E-state index contributed by atoms with van der Waals surface area (Å²) in [6.45, 7) is 8.04. The van der Waals surface area contributed by atoms with Crippen molar-refractivity contribution < 1.29 is 4.79 Å². The topological polar surface area (TPSA) is 72.7 Å². The fourth-order valence-electron chi connectivity index (χ4n) is 2.52. The number of carbonyl (C=O) groups excluding carboxylic acids is 1. The van der Waals surface area contributed by atoms with E-state index in [1.54, 1.807) is 28.4 Å². The van der Waals surface area contributed by atoms with Crippen molar-refractivity contribution >= 4 is 22.9 Å². The Hall–Kier alpha value is -2.54. The Balaban J connectivity index is 1.63. The third kappa shape index (κ3) is 3.76. The number of thiophene rings is 1. The highest BCUT2D eigenvalue weighted by atomic mass is 32.1. The molecular weight excluding hydrogens is 334 g/mol. The summed E-state index contributed by atoms with van der Waals surface area (Å²) in [6.07, 6.45) is 4.42. The van der Waals surface area contributed by atoms with Crippen LogP contribution in [0.4, 0.5) is 5.69 Å². The van der Waals surface area contributed by atoms with E-state index in [9.17, 15) is 4.79 Å². The molecule has 3 aromatic heterocycles. The van der Waals surface area contributed by atoms with Gasteiger partial charge in [0.15, 0.2) is 0 Å². The average molecular weight is 355 g/mol. The largest absolute Gasteiger partial charge is 0.323 e. The first kappa shape index (κ1) is 17.3. The number of aryl methyl sites for hydroxylation is 3. The van der Waals surface area contributed by atoms with Crippen LogP contribution < -0.4 is 5.32 Å². The normalized spacial score (nSPS) is 10.9. The number of aromatic nitrogens is 4. The van der Waals surface area contributed by atoms with Crippen LogP contribution >= 0.6 is 11.3 Å². The highest BCUT2D eigenvalue weighted by Gasteiger charge is 2.11. The smallest absolute Gasteiger partial charge is 0.250 e. The van der Waals surface area contributed by atoms with Crippen molar-refractivity contribution in [1.82, 2.24) is 19.7 Å². The number of hydrogen-bond acceptors (Lipinski definition) is 5. The van der Waals surface area contributed by atoms with Crippen molar-refractivity contribution in [1.29, 1.82) is 0 Å². The molecule has 6 nitrogen and oxygen atoms in total. The van der Waals surface area contributed by atoms with E-state index in [0.29, 0.717) is 18.1 Å². The Labute approximate surface area is 150 Å². The van der Waals surface area contributed by atoms with Crippen molar-refractivity contribution in [3.63, 3.8) is 0 Å². The van der Waals surface area contributed by atoms with Gasteiger partial charge in [-0.2, -0.15) is 5.10 Å². The summed E-state index contributed by atoms with van der Waals surface area (Å²) in [6, 6.07) is 2.07. The van der Waals surface area contributed by atoms with Gasteiger partial charge in [0.25, 0.3) is 5.95 Å². The molecule has 0 saturated heterocycles. The monoisotopic (exact) mass is 355 g/mol. The number of rotatable bonds is 5. The van der Waals surface area contributed by atoms with Gasteiger partial charge in [0, 0.05) is 17.0 Å². The van der Waals surface area contributed by atoms with E-state index in [0.717, 1.165) is 23.4 Å². The van der Waals surface area contributed by atoms with Crippen molar-refractivity contribution in [3.8, 4) is 5.95 Å². The number of carbonyl (C=O) groups is 1. The minimum absolute atomic E-state index is 0.0360. The maximum atomic E-state index is 12.1. The summed E-state index contributed by atoms with van der Waals surface area (Å²) in [5.41, 5.74) is 4.94. The Morgan fingerprint density at radius 3 is 2.48 bits per heavy atom. The number of anilines is 1.